The molecule has 0 N–H and O–H groups in total. The van der Waals surface area contributed by atoms with Crippen LogP contribution in [0.2, 0.25) is 0 Å². The molecule has 114 valence electrons. The maximum atomic E-state index is 12.1. The number of hydrogen-bond acceptors (Lipinski definition) is 4. The highest BCUT2D eigenvalue weighted by Crippen LogP contribution is 2.32. The van der Waals surface area contributed by atoms with Gasteiger partial charge in [-0.3, -0.25) is 9.78 Å². The maximum absolute atomic E-state index is 12.1. The van der Waals surface area contributed by atoms with Crippen molar-refractivity contribution in [3.8, 4) is 11.5 Å². The number of rotatable bonds is 7. The van der Waals surface area contributed by atoms with Gasteiger partial charge in [-0.25, -0.2) is 0 Å². The van der Waals surface area contributed by atoms with Crippen molar-refractivity contribution in [3.63, 3.8) is 0 Å². The van der Waals surface area contributed by atoms with E-state index in [0.29, 0.717) is 23.8 Å². The number of carbonyl (C=O) groups is 1. The molecule has 0 spiro atoms. The number of nitrogens with zero attached hydrogens (tertiary/aromatic N) is 1. The van der Waals surface area contributed by atoms with Crippen LogP contribution in [0, 0.1) is 0 Å². The summed E-state index contributed by atoms with van der Waals surface area (Å²) in [6.45, 7) is 2.63. The fourth-order valence-electron chi connectivity index (χ4n) is 1.94. The minimum atomic E-state index is -0.148. The van der Waals surface area contributed by atoms with Crippen molar-refractivity contribution in [1.29, 1.82) is 0 Å². The van der Waals surface area contributed by atoms with Crippen molar-refractivity contribution >= 4 is 11.9 Å². The maximum Gasteiger partial charge on any atom is 0.204 e. The molecule has 1 aromatic carbocycles. The number of pyridine rings is 1. The molecule has 0 aliphatic carbocycles. The molecule has 0 fully saturated rings. The normalized spacial score (nSPS) is 10.6. The van der Waals surface area contributed by atoms with Gasteiger partial charge >= 0.3 is 0 Å². The van der Waals surface area contributed by atoms with E-state index >= 15 is 0 Å². The molecule has 1 aromatic heterocycles. The zero-order valence-electron chi connectivity index (χ0n) is 12.8. The highest BCUT2D eigenvalue weighted by Gasteiger charge is 2.09. The van der Waals surface area contributed by atoms with E-state index in [0.717, 1.165) is 12.0 Å². The van der Waals surface area contributed by atoms with Crippen LogP contribution in [-0.4, -0.2) is 24.5 Å². The molecule has 0 saturated carbocycles. The molecule has 0 amide bonds. The lowest BCUT2D eigenvalue weighted by atomic mass is 10.1. The summed E-state index contributed by atoms with van der Waals surface area (Å²) in [6, 6.07) is 10.8. The largest absolute Gasteiger partial charge is 0.493 e. The molecule has 4 heteroatoms. The molecule has 22 heavy (non-hydrogen) atoms. The molecule has 0 unspecified atom stereocenters. The Labute approximate surface area is 130 Å². The van der Waals surface area contributed by atoms with Gasteiger partial charge in [0.05, 0.1) is 13.7 Å². The van der Waals surface area contributed by atoms with Crippen LogP contribution >= 0.6 is 0 Å². The predicted molar refractivity (Wildman–Crippen MR) is 86.4 cm³/mol. The van der Waals surface area contributed by atoms with Gasteiger partial charge in [-0.15, -0.1) is 0 Å². The average molecular weight is 297 g/mol. The van der Waals surface area contributed by atoms with E-state index in [2.05, 4.69) is 4.98 Å². The van der Waals surface area contributed by atoms with Gasteiger partial charge in [0.25, 0.3) is 0 Å². The van der Waals surface area contributed by atoms with E-state index in [1.165, 1.54) is 6.08 Å². The molecule has 2 aromatic rings. The lowest BCUT2D eigenvalue weighted by Gasteiger charge is -2.12. The van der Waals surface area contributed by atoms with Crippen molar-refractivity contribution < 1.29 is 14.3 Å². The van der Waals surface area contributed by atoms with Gasteiger partial charge < -0.3 is 9.47 Å². The van der Waals surface area contributed by atoms with Gasteiger partial charge in [0.1, 0.15) is 5.69 Å². The molecule has 0 atom stereocenters. The minimum Gasteiger partial charge on any atom is -0.493 e. The number of hydrogen-bond donors (Lipinski definition) is 0. The molecular formula is C18H19NO3. The van der Waals surface area contributed by atoms with Crippen LogP contribution in [0.15, 0.2) is 48.7 Å². The van der Waals surface area contributed by atoms with Crippen molar-refractivity contribution in [2.75, 3.05) is 13.7 Å². The summed E-state index contributed by atoms with van der Waals surface area (Å²) in [5, 5.41) is 0. The van der Waals surface area contributed by atoms with Crippen LogP contribution in [0.25, 0.3) is 6.08 Å². The Morgan fingerprint density at radius 3 is 2.77 bits per heavy atom. The van der Waals surface area contributed by atoms with Gasteiger partial charge in [-0.2, -0.15) is 0 Å². The molecule has 4 nitrogen and oxygen atoms in total. The lowest BCUT2D eigenvalue weighted by molar-refractivity contribution is 0.104. The molecule has 1 heterocycles. The molecule has 2 rings (SSSR count). The summed E-state index contributed by atoms with van der Waals surface area (Å²) in [5.41, 5.74) is 1.22. The standard InChI is InChI=1S/C18H19NO3/c1-3-13-22-18-14(7-6-9-17(18)21-2)10-11-16(20)15-8-4-5-12-19-15/h4-12H,3,13H2,1-2H3/b11-10+. The monoisotopic (exact) mass is 297 g/mol. The van der Waals surface area contributed by atoms with Crippen LogP contribution < -0.4 is 9.47 Å². The Morgan fingerprint density at radius 1 is 1.23 bits per heavy atom. The number of carbonyl (C=O) groups excluding carboxylic acids is 1. The van der Waals surface area contributed by atoms with Crippen LogP contribution in [-0.2, 0) is 0 Å². The van der Waals surface area contributed by atoms with Gasteiger partial charge in [0.15, 0.2) is 11.5 Å². The minimum absolute atomic E-state index is 0.148. The predicted octanol–water partition coefficient (Wildman–Crippen LogP) is 3.78. The first-order valence-electron chi connectivity index (χ1n) is 7.19. The van der Waals surface area contributed by atoms with E-state index in [1.54, 1.807) is 37.6 Å². The first kappa shape index (κ1) is 15.8. The third kappa shape index (κ3) is 3.95. The van der Waals surface area contributed by atoms with Crippen molar-refractivity contribution in [2.24, 2.45) is 0 Å². The Hall–Kier alpha value is -2.62. The summed E-state index contributed by atoms with van der Waals surface area (Å²) >= 11 is 0. The number of aromatic nitrogens is 1. The Bertz CT molecular complexity index is 651. The Kier molecular flexibility index (Phi) is 5.72. The number of ether oxygens (including phenoxy) is 2. The van der Waals surface area contributed by atoms with Crippen LogP contribution in [0.5, 0.6) is 11.5 Å². The second-order valence-corrected chi connectivity index (χ2v) is 4.64. The summed E-state index contributed by atoms with van der Waals surface area (Å²) in [5.74, 6) is 1.16. The van der Waals surface area contributed by atoms with E-state index in [9.17, 15) is 4.79 Å². The number of ketones is 1. The fraction of sp³-hybridized carbons (Fsp3) is 0.222. The molecule has 0 aliphatic heterocycles. The van der Waals surface area contributed by atoms with Crippen LogP contribution in [0.3, 0.4) is 0 Å². The van der Waals surface area contributed by atoms with Crippen molar-refractivity contribution in [3.05, 3.63) is 59.9 Å². The average Bonchev–Trinajstić information content (AvgIpc) is 2.58. The fourth-order valence-corrected chi connectivity index (χ4v) is 1.94. The summed E-state index contributed by atoms with van der Waals surface area (Å²) in [7, 11) is 1.60. The third-order valence-corrected chi connectivity index (χ3v) is 3.01. The van der Waals surface area contributed by atoms with Gasteiger partial charge in [0.2, 0.25) is 5.78 Å². The summed E-state index contributed by atoms with van der Waals surface area (Å²) in [6.07, 6.45) is 5.72. The zero-order chi connectivity index (χ0) is 15.8. The number of allylic oxidation sites excluding steroid dienone is 1. The van der Waals surface area contributed by atoms with Crippen LogP contribution in [0.4, 0.5) is 0 Å². The molecular weight excluding hydrogens is 278 g/mol. The Balaban J connectivity index is 2.24. The Morgan fingerprint density at radius 2 is 2.09 bits per heavy atom. The summed E-state index contributed by atoms with van der Waals surface area (Å²) < 4.78 is 11.1. The van der Waals surface area contributed by atoms with Crippen molar-refractivity contribution in [2.45, 2.75) is 13.3 Å². The molecule has 0 saturated heterocycles. The molecule has 0 radical (unpaired) electrons. The first-order chi connectivity index (χ1) is 10.8. The number of methoxy groups -OCH3 is 1. The van der Waals surface area contributed by atoms with Gasteiger partial charge in [-0.05, 0) is 36.8 Å². The van der Waals surface area contributed by atoms with E-state index < -0.39 is 0 Å². The van der Waals surface area contributed by atoms with Gasteiger partial charge in [-0.1, -0.05) is 25.1 Å². The van der Waals surface area contributed by atoms with E-state index in [4.69, 9.17) is 9.47 Å². The second-order valence-electron chi connectivity index (χ2n) is 4.64. The van der Waals surface area contributed by atoms with E-state index in [-0.39, 0.29) is 5.78 Å². The van der Waals surface area contributed by atoms with E-state index in [1.807, 2.05) is 25.1 Å². The summed E-state index contributed by atoms with van der Waals surface area (Å²) in [4.78, 5) is 16.1. The number of benzene rings is 1. The topological polar surface area (TPSA) is 48.4 Å². The smallest absolute Gasteiger partial charge is 0.204 e. The van der Waals surface area contributed by atoms with Crippen molar-refractivity contribution in [1.82, 2.24) is 4.98 Å². The first-order valence-corrected chi connectivity index (χ1v) is 7.19. The third-order valence-electron chi connectivity index (χ3n) is 3.01. The van der Waals surface area contributed by atoms with Gasteiger partial charge in [0, 0.05) is 11.8 Å². The second kappa shape index (κ2) is 7.98. The highest BCUT2D eigenvalue weighted by molar-refractivity contribution is 6.05. The lowest BCUT2D eigenvalue weighted by Crippen LogP contribution is -2.00. The van der Waals surface area contributed by atoms with Crippen LogP contribution in [0.1, 0.15) is 29.4 Å². The quantitative estimate of drug-likeness (QED) is 0.576. The zero-order valence-corrected chi connectivity index (χ0v) is 12.8. The molecule has 0 aliphatic rings. The highest BCUT2D eigenvalue weighted by atomic mass is 16.5. The SMILES string of the molecule is CCCOc1c(/C=C/C(=O)c2ccccn2)cccc1OC. The molecule has 0 bridgehead atoms. The number of para-hydroxylation sites is 1.